The van der Waals surface area contributed by atoms with Gasteiger partial charge in [-0.15, -0.1) is 0 Å². The fourth-order valence-corrected chi connectivity index (χ4v) is 3.38. The molecule has 0 fully saturated rings. The van der Waals surface area contributed by atoms with Crippen LogP contribution in [-0.2, 0) is 6.61 Å². The molecule has 4 aromatic rings. The van der Waals surface area contributed by atoms with Gasteiger partial charge in [-0.2, -0.15) is 0 Å². The number of rotatable bonds is 7. The highest BCUT2D eigenvalue weighted by molar-refractivity contribution is 6.00. The van der Waals surface area contributed by atoms with E-state index in [0.29, 0.717) is 40.0 Å². The lowest BCUT2D eigenvalue weighted by atomic mass is 10.2. The summed E-state index contributed by atoms with van der Waals surface area (Å²) in [6.07, 6.45) is 1.68. The minimum atomic E-state index is -0.438. The first-order valence-corrected chi connectivity index (χ1v) is 10.5. The number of aryl methyl sites for hydroxylation is 1. The summed E-state index contributed by atoms with van der Waals surface area (Å²) >= 11 is 0. The molecule has 2 N–H and O–H groups in total. The van der Waals surface area contributed by atoms with Gasteiger partial charge < -0.3 is 24.8 Å². The normalized spacial score (nSPS) is 10.6. The molecule has 2 aromatic heterocycles. The number of carbonyl (C=O) groups is 1. The van der Waals surface area contributed by atoms with Gasteiger partial charge in [-0.3, -0.25) is 9.20 Å². The summed E-state index contributed by atoms with van der Waals surface area (Å²) in [5.41, 5.74) is 2.88. The van der Waals surface area contributed by atoms with Gasteiger partial charge in [0.15, 0.2) is 0 Å². The molecule has 0 unspecified atom stereocenters. The number of urea groups is 1. The van der Waals surface area contributed by atoms with Crippen molar-refractivity contribution in [2.24, 2.45) is 0 Å². The minimum Gasteiger partial charge on any atom is -0.497 e. The Morgan fingerprint density at radius 2 is 1.62 bits per heavy atom. The smallest absolute Gasteiger partial charge is 0.323 e. The van der Waals surface area contributed by atoms with Crippen LogP contribution in [0.15, 0.2) is 71.7 Å². The first kappa shape index (κ1) is 22.7. The Labute approximate surface area is 195 Å². The summed E-state index contributed by atoms with van der Waals surface area (Å²) < 4.78 is 17.8. The van der Waals surface area contributed by atoms with Crippen molar-refractivity contribution in [2.45, 2.75) is 13.5 Å². The first-order chi connectivity index (χ1) is 16.4. The molecule has 9 heteroatoms. The molecule has 34 heavy (non-hydrogen) atoms. The van der Waals surface area contributed by atoms with Gasteiger partial charge in [0, 0.05) is 47.9 Å². The third-order valence-corrected chi connectivity index (χ3v) is 5.03. The number of benzene rings is 2. The number of hydrogen-bond acceptors (Lipinski definition) is 6. The predicted molar refractivity (Wildman–Crippen MR) is 129 cm³/mol. The molecule has 0 atom stereocenters. The second kappa shape index (κ2) is 9.95. The number of anilines is 2. The maximum atomic E-state index is 12.5. The number of hydrogen-bond donors (Lipinski definition) is 2. The number of ether oxygens (including phenoxy) is 3. The van der Waals surface area contributed by atoms with Crippen LogP contribution in [0.1, 0.15) is 11.3 Å². The standard InChI is InChI=1S/C25H24N4O5/c1-16-6-5-9-29-23(30)13-19(26-24(16)29)15-34-20-8-4-7-17(10-20)27-25(31)28-18-11-21(32-2)14-22(12-18)33-3/h4-14H,15H2,1-3H3,(H2,27,28,31). The summed E-state index contributed by atoms with van der Waals surface area (Å²) in [6.45, 7) is 2.01. The van der Waals surface area contributed by atoms with E-state index < -0.39 is 6.03 Å². The molecule has 0 bridgehead atoms. The number of nitrogens with zero attached hydrogens (tertiary/aromatic N) is 2. The molecule has 2 amide bonds. The number of amides is 2. The monoisotopic (exact) mass is 460 g/mol. The van der Waals surface area contributed by atoms with E-state index >= 15 is 0 Å². The molecule has 0 saturated heterocycles. The Balaban J connectivity index is 1.42. The van der Waals surface area contributed by atoms with Crippen LogP contribution in [0.4, 0.5) is 16.2 Å². The highest BCUT2D eigenvalue weighted by atomic mass is 16.5. The second-order valence-corrected chi connectivity index (χ2v) is 7.47. The van der Waals surface area contributed by atoms with Crippen LogP contribution < -0.4 is 30.4 Å². The number of carbonyl (C=O) groups excluding carboxylic acids is 1. The zero-order valence-electron chi connectivity index (χ0n) is 19.0. The van der Waals surface area contributed by atoms with Gasteiger partial charge >= 0.3 is 6.03 Å². The molecule has 0 spiro atoms. The van der Waals surface area contributed by atoms with Crippen LogP contribution in [0.3, 0.4) is 0 Å². The maximum absolute atomic E-state index is 12.5. The molecule has 9 nitrogen and oxygen atoms in total. The van der Waals surface area contributed by atoms with Crippen molar-refractivity contribution >= 4 is 23.1 Å². The van der Waals surface area contributed by atoms with Gasteiger partial charge in [0.2, 0.25) is 0 Å². The maximum Gasteiger partial charge on any atom is 0.323 e. The van der Waals surface area contributed by atoms with Crippen molar-refractivity contribution in [2.75, 3.05) is 24.9 Å². The quantitative estimate of drug-likeness (QED) is 0.428. The lowest BCUT2D eigenvalue weighted by molar-refractivity contribution is 0.262. The summed E-state index contributed by atoms with van der Waals surface area (Å²) in [6, 6.07) is 16.7. The topological polar surface area (TPSA) is 103 Å². The van der Waals surface area contributed by atoms with Gasteiger partial charge in [0.1, 0.15) is 29.5 Å². The van der Waals surface area contributed by atoms with Crippen LogP contribution in [0, 0.1) is 6.92 Å². The van der Waals surface area contributed by atoms with E-state index in [-0.39, 0.29) is 12.2 Å². The third-order valence-electron chi connectivity index (χ3n) is 5.03. The molecule has 0 aliphatic carbocycles. The molecule has 174 valence electrons. The van der Waals surface area contributed by atoms with Gasteiger partial charge in [-0.05, 0) is 30.7 Å². The van der Waals surface area contributed by atoms with Crippen LogP contribution in [0.2, 0.25) is 0 Å². The second-order valence-electron chi connectivity index (χ2n) is 7.47. The van der Waals surface area contributed by atoms with Crippen molar-refractivity contribution in [1.29, 1.82) is 0 Å². The van der Waals surface area contributed by atoms with Crippen LogP contribution >= 0.6 is 0 Å². The average molecular weight is 460 g/mol. The number of pyridine rings is 1. The zero-order valence-corrected chi connectivity index (χ0v) is 19.0. The number of nitrogens with one attached hydrogen (secondary N) is 2. The van der Waals surface area contributed by atoms with Gasteiger partial charge in [0.25, 0.3) is 5.56 Å². The molecular formula is C25H24N4O5. The SMILES string of the molecule is COc1cc(NC(=O)Nc2cccc(OCc3cc(=O)n4cccc(C)c4n3)c2)cc(OC)c1. The fourth-order valence-electron chi connectivity index (χ4n) is 3.38. The largest absolute Gasteiger partial charge is 0.497 e. The summed E-state index contributed by atoms with van der Waals surface area (Å²) in [4.78, 5) is 29.4. The Bertz CT molecular complexity index is 1380. The van der Waals surface area contributed by atoms with Crippen LogP contribution in [0.25, 0.3) is 5.65 Å². The molecular weight excluding hydrogens is 436 g/mol. The zero-order chi connectivity index (χ0) is 24.1. The van der Waals surface area contributed by atoms with Gasteiger partial charge in [0.05, 0.1) is 19.9 Å². The van der Waals surface area contributed by atoms with E-state index in [0.717, 1.165) is 5.56 Å². The summed E-state index contributed by atoms with van der Waals surface area (Å²) in [7, 11) is 3.07. The molecule has 0 saturated carbocycles. The Hall–Kier alpha value is -4.53. The van der Waals surface area contributed by atoms with E-state index in [1.54, 1.807) is 54.7 Å². The van der Waals surface area contributed by atoms with Crippen molar-refractivity contribution in [1.82, 2.24) is 9.38 Å². The minimum absolute atomic E-state index is 0.110. The van der Waals surface area contributed by atoms with Crippen molar-refractivity contribution in [3.05, 3.63) is 88.5 Å². The van der Waals surface area contributed by atoms with Crippen LogP contribution in [0.5, 0.6) is 17.2 Å². The Morgan fingerprint density at radius 1 is 0.912 bits per heavy atom. The van der Waals surface area contributed by atoms with Gasteiger partial charge in [-0.1, -0.05) is 12.1 Å². The molecule has 0 aliphatic heterocycles. The lowest BCUT2D eigenvalue weighted by Gasteiger charge is -2.12. The van der Waals surface area contributed by atoms with E-state index in [4.69, 9.17) is 14.2 Å². The van der Waals surface area contributed by atoms with Crippen molar-refractivity contribution in [3.63, 3.8) is 0 Å². The number of fused-ring (bicyclic) bond motifs is 1. The van der Waals surface area contributed by atoms with Crippen LogP contribution in [-0.4, -0.2) is 29.6 Å². The lowest BCUT2D eigenvalue weighted by Crippen LogP contribution is -2.19. The number of aromatic nitrogens is 2. The van der Waals surface area contributed by atoms with E-state index in [1.165, 1.54) is 24.7 Å². The van der Waals surface area contributed by atoms with E-state index in [2.05, 4.69) is 15.6 Å². The highest BCUT2D eigenvalue weighted by Gasteiger charge is 2.09. The number of methoxy groups -OCH3 is 2. The molecule has 2 heterocycles. The van der Waals surface area contributed by atoms with Crippen molar-refractivity contribution in [3.8, 4) is 17.2 Å². The predicted octanol–water partition coefficient (Wildman–Crippen LogP) is 4.24. The van der Waals surface area contributed by atoms with Gasteiger partial charge in [-0.25, -0.2) is 9.78 Å². The van der Waals surface area contributed by atoms with E-state index in [9.17, 15) is 9.59 Å². The summed E-state index contributed by atoms with van der Waals surface area (Å²) in [5.74, 6) is 1.64. The average Bonchev–Trinajstić information content (AvgIpc) is 2.83. The Morgan fingerprint density at radius 3 is 2.35 bits per heavy atom. The third kappa shape index (κ3) is 5.26. The molecule has 0 aliphatic rings. The highest BCUT2D eigenvalue weighted by Crippen LogP contribution is 2.26. The fraction of sp³-hybridized carbons (Fsp3) is 0.160. The first-order valence-electron chi connectivity index (χ1n) is 10.5. The van der Waals surface area contributed by atoms with Crippen molar-refractivity contribution < 1.29 is 19.0 Å². The summed E-state index contributed by atoms with van der Waals surface area (Å²) in [5, 5.41) is 5.51. The molecule has 4 rings (SSSR count). The Kier molecular flexibility index (Phi) is 6.63. The molecule has 0 radical (unpaired) electrons. The van der Waals surface area contributed by atoms with E-state index in [1.807, 2.05) is 13.0 Å². The molecule has 2 aromatic carbocycles.